The summed E-state index contributed by atoms with van der Waals surface area (Å²) in [6.07, 6.45) is 5.08. The van der Waals surface area contributed by atoms with Crippen LogP contribution in [0.25, 0.3) is 0 Å². The molecule has 1 aromatic rings. The molecule has 2 heterocycles. The maximum Gasteiger partial charge on any atom is 0.239 e. The van der Waals surface area contributed by atoms with E-state index in [1.165, 1.54) is 16.9 Å². The lowest BCUT2D eigenvalue weighted by molar-refractivity contribution is -0.130. The molecule has 1 N–H and O–H groups in total. The van der Waals surface area contributed by atoms with Crippen molar-refractivity contribution in [2.45, 2.75) is 43.5 Å². The Kier molecular flexibility index (Phi) is 4.92. The Morgan fingerprint density at radius 3 is 3.05 bits per heavy atom. The third kappa shape index (κ3) is 3.30. The number of aliphatic hydroxyl groups is 1. The van der Waals surface area contributed by atoms with Gasteiger partial charge < -0.3 is 10.0 Å². The third-order valence-electron chi connectivity index (χ3n) is 4.65. The molecule has 1 aromatic heterocycles. The van der Waals surface area contributed by atoms with Gasteiger partial charge in [0.1, 0.15) is 5.25 Å². The molecule has 1 amide bonds. The van der Waals surface area contributed by atoms with E-state index in [0.717, 1.165) is 31.4 Å². The highest BCUT2D eigenvalue weighted by Crippen LogP contribution is 2.40. The molecule has 3 unspecified atom stereocenters. The topological polar surface area (TPSA) is 40.5 Å². The van der Waals surface area contributed by atoms with Crippen LogP contribution in [0.2, 0.25) is 0 Å². The fraction of sp³-hybridized carbons (Fsp3) is 0.688. The fourth-order valence-electron chi connectivity index (χ4n) is 3.39. The summed E-state index contributed by atoms with van der Waals surface area (Å²) in [4.78, 5) is 16.0. The largest absolute Gasteiger partial charge is 0.393 e. The molecule has 0 aromatic carbocycles. The number of thioether (sulfide) groups is 1. The zero-order valence-corrected chi connectivity index (χ0v) is 14.1. The van der Waals surface area contributed by atoms with Gasteiger partial charge in [0.2, 0.25) is 5.91 Å². The molecule has 2 aliphatic rings. The zero-order valence-electron chi connectivity index (χ0n) is 12.5. The number of likely N-dealkylation sites (N-methyl/N-ethyl adjacent to an activating group) is 1. The van der Waals surface area contributed by atoms with Gasteiger partial charge in [-0.3, -0.25) is 4.79 Å². The monoisotopic (exact) mass is 325 g/mol. The Bertz CT molecular complexity index is 502. The van der Waals surface area contributed by atoms with Crippen LogP contribution in [0.4, 0.5) is 0 Å². The van der Waals surface area contributed by atoms with E-state index in [1.54, 1.807) is 23.1 Å². The number of rotatable bonds is 3. The lowest BCUT2D eigenvalue weighted by Crippen LogP contribution is -2.40. The smallest absolute Gasteiger partial charge is 0.239 e. The van der Waals surface area contributed by atoms with Gasteiger partial charge in [-0.2, -0.15) is 0 Å². The summed E-state index contributed by atoms with van der Waals surface area (Å²) in [5, 5.41) is 12.2. The average molecular weight is 325 g/mol. The predicted octanol–water partition coefficient (Wildman–Crippen LogP) is 3.09. The molecule has 3 nitrogen and oxygen atoms in total. The Hall–Kier alpha value is -0.520. The number of hydrogen-bond acceptors (Lipinski definition) is 4. The predicted molar refractivity (Wildman–Crippen MR) is 88.8 cm³/mol. The van der Waals surface area contributed by atoms with Gasteiger partial charge in [0.15, 0.2) is 0 Å². The van der Waals surface area contributed by atoms with Crippen molar-refractivity contribution in [3.8, 4) is 0 Å². The molecule has 1 aliphatic carbocycles. The van der Waals surface area contributed by atoms with Crippen molar-refractivity contribution in [1.82, 2.24) is 4.90 Å². The zero-order chi connectivity index (χ0) is 14.8. The first-order valence-corrected chi connectivity index (χ1v) is 9.70. The normalized spacial score (nSPS) is 29.0. The van der Waals surface area contributed by atoms with Crippen molar-refractivity contribution in [2.24, 2.45) is 5.92 Å². The minimum absolute atomic E-state index is 0.0364. The maximum absolute atomic E-state index is 12.8. The number of thiophene rings is 1. The molecule has 116 valence electrons. The van der Waals surface area contributed by atoms with E-state index in [-0.39, 0.29) is 23.2 Å². The third-order valence-corrected chi connectivity index (χ3v) is 6.88. The molecular formula is C16H23NO2S2. The fourth-order valence-corrected chi connectivity index (χ4v) is 5.80. The van der Waals surface area contributed by atoms with Crippen LogP contribution in [0, 0.1) is 5.92 Å². The highest BCUT2D eigenvalue weighted by molar-refractivity contribution is 8.00. The van der Waals surface area contributed by atoms with E-state index >= 15 is 0 Å². The highest BCUT2D eigenvalue weighted by atomic mass is 32.2. The highest BCUT2D eigenvalue weighted by Gasteiger charge is 2.32. The molecule has 1 saturated carbocycles. The Morgan fingerprint density at radius 1 is 1.43 bits per heavy atom. The molecule has 1 aliphatic heterocycles. The number of carbonyl (C=O) groups excluding carboxylic acids is 1. The molecule has 3 rings (SSSR count). The van der Waals surface area contributed by atoms with E-state index in [4.69, 9.17) is 0 Å². The van der Waals surface area contributed by atoms with E-state index in [0.29, 0.717) is 6.54 Å². The summed E-state index contributed by atoms with van der Waals surface area (Å²) in [6, 6.07) is 2.11. The molecular weight excluding hydrogens is 302 g/mol. The summed E-state index contributed by atoms with van der Waals surface area (Å²) in [7, 11) is 1.89. The molecule has 0 saturated heterocycles. The Balaban J connectivity index is 1.65. The van der Waals surface area contributed by atoms with Crippen molar-refractivity contribution >= 4 is 29.0 Å². The minimum Gasteiger partial charge on any atom is -0.393 e. The van der Waals surface area contributed by atoms with Gasteiger partial charge in [-0.15, -0.1) is 23.1 Å². The first-order chi connectivity index (χ1) is 10.2. The maximum atomic E-state index is 12.8. The number of amides is 1. The Morgan fingerprint density at radius 2 is 2.24 bits per heavy atom. The van der Waals surface area contributed by atoms with E-state index < -0.39 is 0 Å². The first-order valence-electron chi connectivity index (χ1n) is 7.77. The number of carbonyl (C=O) groups is 1. The van der Waals surface area contributed by atoms with Crippen molar-refractivity contribution in [3.63, 3.8) is 0 Å². The SMILES string of the molecule is CN(CC1CCCCC1O)C(=O)C1SCCc2sccc21. The van der Waals surface area contributed by atoms with Crippen LogP contribution in [0.1, 0.15) is 41.4 Å². The minimum atomic E-state index is -0.232. The molecule has 0 spiro atoms. The van der Waals surface area contributed by atoms with E-state index in [9.17, 15) is 9.90 Å². The van der Waals surface area contributed by atoms with Crippen molar-refractivity contribution in [2.75, 3.05) is 19.3 Å². The van der Waals surface area contributed by atoms with Crippen LogP contribution in [0.3, 0.4) is 0 Å². The van der Waals surface area contributed by atoms with Gasteiger partial charge in [-0.1, -0.05) is 12.8 Å². The van der Waals surface area contributed by atoms with Crippen LogP contribution in [0.5, 0.6) is 0 Å². The lowest BCUT2D eigenvalue weighted by atomic mass is 9.86. The van der Waals surface area contributed by atoms with Crippen LogP contribution >= 0.6 is 23.1 Å². The second-order valence-corrected chi connectivity index (χ2v) is 8.34. The number of aliphatic hydroxyl groups excluding tert-OH is 1. The van der Waals surface area contributed by atoms with Gasteiger partial charge in [-0.25, -0.2) is 0 Å². The van der Waals surface area contributed by atoms with Crippen molar-refractivity contribution in [1.29, 1.82) is 0 Å². The molecule has 5 heteroatoms. The summed E-state index contributed by atoms with van der Waals surface area (Å²) in [5.41, 5.74) is 1.22. The van der Waals surface area contributed by atoms with Gasteiger partial charge in [0.05, 0.1) is 6.10 Å². The van der Waals surface area contributed by atoms with Gasteiger partial charge >= 0.3 is 0 Å². The van der Waals surface area contributed by atoms with Gasteiger partial charge in [0, 0.05) is 24.4 Å². The molecule has 0 radical (unpaired) electrons. The second kappa shape index (κ2) is 6.71. The Labute approximate surface area is 134 Å². The number of hydrogen-bond donors (Lipinski definition) is 1. The van der Waals surface area contributed by atoms with E-state index in [1.807, 2.05) is 11.9 Å². The lowest BCUT2D eigenvalue weighted by Gasteiger charge is -2.33. The molecule has 21 heavy (non-hydrogen) atoms. The first kappa shape index (κ1) is 15.4. The van der Waals surface area contributed by atoms with Crippen molar-refractivity contribution < 1.29 is 9.90 Å². The molecule has 3 atom stereocenters. The summed E-state index contributed by atoms with van der Waals surface area (Å²) in [5.74, 6) is 1.49. The second-order valence-electron chi connectivity index (χ2n) is 6.13. The number of aryl methyl sites for hydroxylation is 1. The number of fused-ring (bicyclic) bond motifs is 1. The molecule has 0 bridgehead atoms. The quantitative estimate of drug-likeness (QED) is 0.928. The van der Waals surface area contributed by atoms with Crippen LogP contribution < -0.4 is 0 Å². The summed E-state index contributed by atoms with van der Waals surface area (Å²) in [6.45, 7) is 0.691. The van der Waals surface area contributed by atoms with Gasteiger partial charge in [-0.05, 0) is 42.0 Å². The summed E-state index contributed by atoms with van der Waals surface area (Å²) < 4.78 is 0. The number of nitrogens with zero attached hydrogens (tertiary/aromatic N) is 1. The standard InChI is InChI=1S/C16H23NO2S2/c1-17(10-11-4-2-3-5-13(11)18)16(19)15-12-6-8-20-14(12)7-9-21-15/h6,8,11,13,15,18H,2-5,7,9-10H2,1H3. The van der Waals surface area contributed by atoms with Crippen LogP contribution in [0.15, 0.2) is 11.4 Å². The van der Waals surface area contributed by atoms with Crippen molar-refractivity contribution in [3.05, 3.63) is 21.9 Å². The van der Waals surface area contributed by atoms with Crippen LogP contribution in [-0.2, 0) is 11.2 Å². The summed E-state index contributed by atoms with van der Waals surface area (Å²) >= 11 is 3.53. The molecule has 1 fully saturated rings. The van der Waals surface area contributed by atoms with Crippen LogP contribution in [-0.4, -0.2) is 41.4 Å². The van der Waals surface area contributed by atoms with Gasteiger partial charge in [0.25, 0.3) is 0 Å². The van der Waals surface area contributed by atoms with E-state index in [2.05, 4.69) is 11.4 Å². The average Bonchev–Trinajstić information content (AvgIpc) is 2.97.